The summed E-state index contributed by atoms with van der Waals surface area (Å²) >= 11 is 0. The van der Waals surface area contributed by atoms with Gasteiger partial charge in [0, 0.05) is 51.2 Å². The van der Waals surface area contributed by atoms with Gasteiger partial charge in [-0.25, -0.2) is 0 Å². The normalized spacial score (nSPS) is 14.5. The highest BCUT2D eigenvalue weighted by Gasteiger charge is 2.20. The van der Waals surface area contributed by atoms with Crippen molar-refractivity contribution in [2.75, 3.05) is 14.7 Å². The van der Waals surface area contributed by atoms with Gasteiger partial charge in [0.2, 0.25) is 0 Å². The Hall–Kier alpha value is -2.94. The maximum absolute atomic E-state index is 2.33. The Kier molecular flexibility index (Phi) is 11.0. The van der Waals surface area contributed by atoms with E-state index in [2.05, 4.69) is 152 Å². The maximum atomic E-state index is 2.33. The molecule has 1 rings (SSSR count). The third kappa shape index (κ3) is 6.54. The molecule has 0 saturated heterocycles. The van der Waals surface area contributed by atoms with E-state index in [9.17, 15) is 0 Å². The van der Waals surface area contributed by atoms with Crippen LogP contribution in [0.3, 0.4) is 0 Å². The van der Waals surface area contributed by atoms with Gasteiger partial charge in [0.15, 0.2) is 0 Å². The number of allylic oxidation sites excluding steroid dienone is 12. The second-order valence-electron chi connectivity index (χ2n) is 8.29. The van der Waals surface area contributed by atoms with Gasteiger partial charge in [0.25, 0.3) is 0 Å². The van der Waals surface area contributed by atoms with Gasteiger partial charge in [-0.15, -0.1) is 0 Å². The summed E-state index contributed by atoms with van der Waals surface area (Å²) < 4.78 is 0. The van der Waals surface area contributed by atoms with Gasteiger partial charge in [0.1, 0.15) is 0 Å². The number of benzene rings is 1. The van der Waals surface area contributed by atoms with Crippen molar-refractivity contribution >= 4 is 17.1 Å². The van der Waals surface area contributed by atoms with Crippen molar-refractivity contribution in [2.24, 2.45) is 0 Å². The molecule has 0 aromatic heterocycles. The lowest BCUT2D eigenvalue weighted by Gasteiger charge is -2.34. The van der Waals surface area contributed by atoms with Gasteiger partial charge in [-0.1, -0.05) is 36.5 Å². The fourth-order valence-corrected chi connectivity index (χ4v) is 3.80. The molecule has 0 bridgehead atoms. The molecule has 3 heteroatoms. The average molecular weight is 448 g/mol. The van der Waals surface area contributed by atoms with Gasteiger partial charge in [-0.05, 0) is 101 Å². The molecule has 0 aliphatic heterocycles. The number of nitrogens with zero attached hydrogens (tertiary/aromatic N) is 3. The second-order valence-corrected chi connectivity index (χ2v) is 8.29. The summed E-state index contributed by atoms with van der Waals surface area (Å²) in [6.45, 7) is 25.5. The van der Waals surface area contributed by atoms with E-state index in [1.807, 2.05) is 0 Å². The summed E-state index contributed by atoms with van der Waals surface area (Å²) in [5.41, 5.74) is 10.6. The number of hydrogen-bond donors (Lipinski definition) is 0. The van der Waals surface area contributed by atoms with Gasteiger partial charge in [-0.3, -0.25) is 0 Å². The Morgan fingerprint density at radius 2 is 0.545 bits per heavy atom. The van der Waals surface area contributed by atoms with Gasteiger partial charge in [-0.2, -0.15) is 0 Å². The molecule has 0 unspecified atom stereocenters. The van der Waals surface area contributed by atoms with E-state index < -0.39 is 0 Å². The summed E-state index contributed by atoms with van der Waals surface area (Å²) in [7, 11) is 0. The van der Waals surface area contributed by atoms with Gasteiger partial charge < -0.3 is 14.7 Å². The zero-order valence-electron chi connectivity index (χ0n) is 23.0. The van der Waals surface area contributed by atoms with Crippen LogP contribution in [-0.4, -0.2) is 0 Å². The minimum atomic E-state index is 1.14. The molecule has 0 aliphatic carbocycles. The van der Waals surface area contributed by atoms with Crippen molar-refractivity contribution in [1.82, 2.24) is 0 Å². The highest BCUT2D eigenvalue weighted by molar-refractivity contribution is 5.77. The minimum absolute atomic E-state index is 1.14. The number of anilines is 3. The first-order valence-electron chi connectivity index (χ1n) is 11.9. The minimum Gasteiger partial charge on any atom is -0.319 e. The van der Waals surface area contributed by atoms with Crippen molar-refractivity contribution in [3.05, 3.63) is 88.8 Å². The van der Waals surface area contributed by atoms with Crippen molar-refractivity contribution < 1.29 is 0 Å². The van der Waals surface area contributed by atoms with Crippen molar-refractivity contribution in [3.8, 4) is 0 Å². The quantitative estimate of drug-likeness (QED) is 0.373. The van der Waals surface area contributed by atoms with E-state index in [-0.39, 0.29) is 0 Å². The summed E-state index contributed by atoms with van der Waals surface area (Å²) in [5.74, 6) is 0. The van der Waals surface area contributed by atoms with E-state index >= 15 is 0 Å². The van der Waals surface area contributed by atoms with Crippen LogP contribution in [0.4, 0.5) is 17.1 Å². The molecule has 0 aliphatic rings. The average Bonchev–Trinajstić information content (AvgIpc) is 2.83. The first kappa shape index (κ1) is 28.1. The molecule has 0 amide bonds. The van der Waals surface area contributed by atoms with Crippen LogP contribution in [0.5, 0.6) is 0 Å². The van der Waals surface area contributed by atoms with Crippen LogP contribution in [0, 0.1) is 0 Å². The Morgan fingerprint density at radius 1 is 0.394 bits per heavy atom. The molecule has 0 heterocycles. The standard InChI is InChI=1S/C30H45N3/c1-13-22(7)31(23(8)14-2)28-19-29(32(24(9)15-3)25(10)16-4)21-30(20-28)33(26(11)17-5)27(12)18-6/h13-21H,1-12H3/b22-13+,23-14+,24-15+,25-16+,26-17+,27-18+. The van der Waals surface area contributed by atoms with E-state index in [4.69, 9.17) is 0 Å². The van der Waals surface area contributed by atoms with E-state index in [1.54, 1.807) is 0 Å². The third-order valence-electron chi connectivity index (χ3n) is 6.28. The fourth-order valence-electron chi connectivity index (χ4n) is 3.80. The Labute approximate surface area is 203 Å². The summed E-state index contributed by atoms with van der Waals surface area (Å²) in [6.07, 6.45) is 13.0. The van der Waals surface area contributed by atoms with Gasteiger partial charge in [0.05, 0.1) is 0 Å². The highest BCUT2D eigenvalue weighted by Crippen LogP contribution is 2.38. The predicted molar refractivity (Wildman–Crippen MR) is 150 cm³/mol. The lowest BCUT2D eigenvalue weighted by Crippen LogP contribution is -2.24. The van der Waals surface area contributed by atoms with E-state index in [1.165, 1.54) is 34.2 Å². The van der Waals surface area contributed by atoms with Crippen LogP contribution in [0.1, 0.15) is 83.1 Å². The predicted octanol–water partition coefficient (Wildman–Crippen LogP) is 9.65. The Bertz CT molecular complexity index is 805. The van der Waals surface area contributed by atoms with Crippen LogP contribution >= 0.6 is 0 Å². The molecule has 0 radical (unpaired) electrons. The maximum Gasteiger partial charge on any atom is 0.0496 e. The van der Waals surface area contributed by atoms with Crippen molar-refractivity contribution in [2.45, 2.75) is 83.1 Å². The largest absolute Gasteiger partial charge is 0.319 e. The molecule has 0 saturated carbocycles. The van der Waals surface area contributed by atoms with Gasteiger partial charge >= 0.3 is 0 Å². The monoisotopic (exact) mass is 447 g/mol. The van der Waals surface area contributed by atoms with Crippen LogP contribution < -0.4 is 14.7 Å². The number of rotatable bonds is 9. The second kappa shape index (κ2) is 12.9. The first-order valence-corrected chi connectivity index (χ1v) is 11.9. The summed E-state index contributed by atoms with van der Waals surface area (Å²) in [4.78, 5) is 6.99. The Balaban J connectivity index is 4.13. The molecule has 3 nitrogen and oxygen atoms in total. The Morgan fingerprint density at radius 3 is 0.667 bits per heavy atom. The third-order valence-corrected chi connectivity index (χ3v) is 6.28. The molecule has 0 atom stereocenters. The van der Waals surface area contributed by atoms with E-state index in [0.717, 1.165) is 17.1 Å². The molecular formula is C30H45N3. The molecule has 0 spiro atoms. The van der Waals surface area contributed by atoms with Crippen LogP contribution in [0.15, 0.2) is 88.8 Å². The molecule has 1 aromatic carbocycles. The van der Waals surface area contributed by atoms with Crippen LogP contribution in [-0.2, 0) is 0 Å². The summed E-state index contributed by atoms with van der Waals surface area (Å²) in [5, 5.41) is 0. The molecule has 0 N–H and O–H groups in total. The van der Waals surface area contributed by atoms with E-state index in [0.29, 0.717) is 0 Å². The molecule has 0 fully saturated rings. The SMILES string of the molecule is C/C=C(\C)N(/C(C)=C/C)c1cc(N(/C(C)=C/C)/C(C)=C/C)cc(N(/C(C)=C/C)/C(C)=C/C)c1. The fraction of sp³-hybridized carbons (Fsp3) is 0.400. The van der Waals surface area contributed by atoms with Crippen LogP contribution in [0.2, 0.25) is 0 Å². The molecule has 1 aromatic rings. The highest BCUT2D eigenvalue weighted by atomic mass is 15.2. The molecular weight excluding hydrogens is 402 g/mol. The summed E-state index contributed by atoms with van der Waals surface area (Å²) in [6, 6.07) is 6.87. The first-order chi connectivity index (χ1) is 15.6. The topological polar surface area (TPSA) is 9.72 Å². The smallest absolute Gasteiger partial charge is 0.0496 e. The zero-order valence-corrected chi connectivity index (χ0v) is 23.0. The van der Waals surface area contributed by atoms with Crippen molar-refractivity contribution in [1.29, 1.82) is 0 Å². The van der Waals surface area contributed by atoms with Crippen LogP contribution in [0.25, 0.3) is 0 Å². The number of hydrogen-bond acceptors (Lipinski definition) is 3. The molecule has 33 heavy (non-hydrogen) atoms. The molecule has 180 valence electrons. The van der Waals surface area contributed by atoms with Crippen molar-refractivity contribution in [3.63, 3.8) is 0 Å². The lowest BCUT2D eigenvalue weighted by molar-refractivity contribution is 1.01. The zero-order chi connectivity index (χ0) is 25.3. The lowest BCUT2D eigenvalue weighted by atomic mass is 10.1.